The predicted molar refractivity (Wildman–Crippen MR) is 61.2 cm³/mol. The van der Waals surface area contributed by atoms with Crippen molar-refractivity contribution in [3.63, 3.8) is 0 Å². The molecule has 0 aromatic rings. The number of rotatable bonds is 9. The van der Waals surface area contributed by atoms with Gasteiger partial charge in [-0.25, -0.2) is 8.42 Å². The van der Waals surface area contributed by atoms with Gasteiger partial charge < -0.3 is 10.5 Å². The summed E-state index contributed by atoms with van der Waals surface area (Å²) in [6.45, 7) is 3.48. The molecule has 2 N–H and O–H groups in total. The maximum absolute atomic E-state index is 11.8. The predicted octanol–water partition coefficient (Wildman–Crippen LogP) is 0.0234. The molecule has 0 aromatic heterocycles. The van der Waals surface area contributed by atoms with Crippen LogP contribution in [0.2, 0.25) is 0 Å². The highest BCUT2D eigenvalue weighted by molar-refractivity contribution is 7.89. The highest BCUT2D eigenvalue weighted by Crippen LogP contribution is 2.04. The number of sulfonamides is 1. The monoisotopic (exact) mass is 238 g/mol. The van der Waals surface area contributed by atoms with Crippen molar-refractivity contribution in [1.82, 2.24) is 4.31 Å². The van der Waals surface area contributed by atoms with E-state index in [1.54, 1.807) is 7.11 Å². The third-order valence-corrected chi connectivity index (χ3v) is 4.03. The molecule has 0 fully saturated rings. The minimum absolute atomic E-state index is 0.202. The minimum Gasteiger partial charge on any atom is -0.383 e. The number of unbranched alkanes of at least 4 members (excludes halogenated alkanes) is 1. The van der Waals surface area contributed by atoms with Crippen LogP contribution in [-0.4, -0.2) is 51.8 Å². The third-order valence-electron chi connectivity index (χ3n) is 2.07. The van der Waals surface area contributed by atoms with Crippen LogP contribution in [0.3, 0.4) is 0 Å². The van der Waals surface area contributed by atoms with Crippen molar-refractivity contribution >= 4 is 10.0 Å². The molecule has 0 atom stereocenters. The fourth-order valence-electron chi connectivity index (χ4n) is 1.18. The van der Waals surface area contributed by atoms with Crippen LogP contribution in [0, 0.1) is 0 Å². The van der Waals surface area contributed by atoms with Gasteiger partial charge in [-0.05, 0) is 6.42 Å². The van der Waals surface area contributed by atoms with E-state index in [-0.39, 0.29) is 5.75 Å². The van der Waals surface area contributed by atoms with Crippen molar-refractivity contribution in [1.29, 1.82) is 0 Å². The first kappa shape index (κ1) is 14.8. The molecule has 15 heavy (non-hydrogen) atoms. The van der Waals surface area contributed by atoms with Crippen LogP contribution in [-0.2, 0) is 14.8 Å². The zero-order valence-corrected chi connectivity index (χ0v) is 10.4. The van der Waals surface area contributed by atoms with E-state index in [0.717, 1.165) is 6.42 Å². The molecular weight excluding hydrogens is 216 g/mol. The summed E-state index contributed by atoms with van der Waals surface area (Å²) in [5, 5.41) is 0. The van der Waals surface area contributed by atoms with E-state index >= 15 is 0 Å². The molecule has 0 aromatic carbocycles. The number of ether oxygens (including phenoxy) is 1. The second kappa shape index (κ2) is 8.04. The maximum atomic E-state index is 11.8. The first-order valence-corrected chi connectivity index (χ1v) is 6.86. The number of methoxy groups -OCH3 is 1. The van der Waals surface area contributed by atoms with Crippen molar-refractivity contribution in [2.75, 3.05) is 39.1 Å². The van der Waals surface area contributed by atoms with Gasteiger partial charge in [-0.2, -0.15) is 4.31 Å². The van der Waals surface area contributed by atoms with Gasteiger partial charge in [0.05, 0.1) is 12.4 Å². The Morgan fingerprint density at radius 3 is 2.47 bits per heavy atom. The first-order chi connectivity index (χ1) is 7.08. The Balaban J connectivity index is 4.30. The molecule has 0 rings (SSSR count). The molecule has 0 bridgehead atoms. The lowest BCUT2D eigenvalue weighted by Crippen LogP contribution is -2.39. The Bertz CT molecular complexity index is 242. The normalized spacial score (nSPS) is 12.3. The van der Waals surface area contributed by atoms with Gasteiger partial charge in [-0.3, -0.25) is 0 Å². The molecule has 0 aliphatic carbocycles. The highest BCUT2D eigenvalue weighted by atomic mass is 32.2. The van der Waals surface area contributed by atoms with Gasteiger partial charge in [0.1, 0.15) is 0 Å². The van der Waals surface area contributed by atoms with E-state index in [4.69, 9.17) is 10.5 Å². The Hall–Kier alpha value is -0.170. The number of nitrogens with zero attached hydrogens (tertiary/aromatic N) is 1. The van der Waals surface area contributed by atoms with Crippen LogP contribution in [0.15, 0.2) is 0 Å². The fraction of sp³-hybridized carbons (Fsp3) is 1.00. The molecule has 0 unspecified atom stereocenters. The fourth-order valence-corrected chi connectivity index (χ4v) is 2.83. The Labute approximate surface area is 92.6 Å². The summed E-state index contributed by atoms with van der Waals surface area (Å²) < 4.78 is 29.9. The molecule has 0 amide bonds. The number of nitrogens with two attached hydrogens (primary N) is 1. The molecular formula is C9H22N2O3S. The van der Waals surface area contributed by atoms with Gasteiger partial charge in [-0.15, -0.1) is 0 Å². The van der Waals surface area contributed by atoms with Crippen molar-refractivity contribution < 1.29 is 13.2 Å². The van der Waals surface area contributed by atoms with Gasteiger partial charge in [0.15, 0.2) is 0 Å². The number of hydrogen-bond donors (Lipinski definition) is 1. The van der Waals surface area contributed by atoms with Gasteiger partial charge in [-0.1, -0.05) is 13.3 Å². The minimum atomic E-state index is -3.15. The van der Waals surface area contributed by atoms with Crippen LogP contribution in [0.1, 0.15) is 19.8 Å². The second-order valence-corrected chi connectivity index (χ2v) is 5.44. The van der Waals surface area contributed by atoms with E-state index in [1.165, 1.54) is 4.31 Å². The van der Waals surface area contributed by atoms with E-state index in [1.807, 2.05) is 6.92 Å². The maximum Gasteiger partial charge on any atom is 0.214 e. The summed E-state index contributed by atoms with van der Waals surface area (Å²) in [6, 6.07) is 0. The molecule has 0 saturated carbocycles. The van der Waals surface area contributed by atoms with Crippen molar-refractivity contribution in [3.8, 4) is 0 Å². The van der Waals surface area contributed by atoms with Crippen LogP contribution >= 0.6 is 0 Å². The van der Waals surface area contributed by atoms with E-state index < -0.39 is 10.0 Å². The zero-order chi connectivity index (χ0) is 11.7. The van der Waals surface area contributed by atoms with Gasteiger partial charge in [0.2, 0.25) is 10.0 Å². The van der Waals surface area contributed by atoms with Crippen molar-refractivity contribution in [2.45, 2.75) is 19.8 Å². The van der Waals surface area contributed by atoms with Crippen molar-refractivity contribution in [2.24, 2.45) is 5.73 Å². The van der Waals surface area contributed by atoms with Crippen LogP contribution in [0.5, 0.6) is 0 Å². The molecule has 0 aliphatic heterocycles. The first-order valence-electron chi connectivity index (χ1n) is 5.25. The summed E-state index contributed by atoms with van der Waals surface area (Å²) >= 11 is 0. The lowest BCUT2D eigenvalue weighted by molar-refractivity contribution is 0.179. The summed E-state index contributed by atoms with van der Waals surface area (Å²) in [5.41, 5.74) is 5.38. The lowest BCUT2D eigenvalue weighted by atomic mass is 10.4. The molecule has 0 spiro atoms. The molecule has 5 nitrogen and oxygen atoms in total. The molecule has 0 saturated heterocycles. The van der Waals surface area contributed by atoms with Gasteiger partial charge in [0.25, 0.3) is 0 Å². The Morgan fingerprint density at radius 1 is 1.33 bits per heavy atom. The standard InChI is InChI=1S/C9H22N2O3S/c1-3-4-9-15(12,13)11(6-5-10)7-8-14-2/h3-10H2,1-2H3. The zero-order valence-electron chi connectivity index (χ0n) is 9.61. The summed E-state index contributed by atoms with van der Waals surface area (Å²) in [5.74, 6) is 0.202. The Morgan fingerprint density at radius 2 is 2.00 bits per heavy atom. The van der Waals surface area contributed by atoms with Crippen LogP contribution in [0.25, 0.3) is 0 Å². The largest absolute Gasteiger partial charge is 0.383 e. The molecule has 0 heterocycles. The van der Waals surface area contributed by atoms with E-state index in [2.05, 4.69) is 0 Å². The van der Waals surface area contributed by atoms with E-state index in [0.29, 0.717) is 32.7 Å². The second-order valence-electron chi connectivity index (χ2n) is 3.35. The topological polar surface area (TPSA) is 72.6 Å². The molecule has 0 radical (unpaired) electrons. The average molecular weight is 238 g/mol. The summed E-state index contributed by atoms with van der Waals surface area (Å²) in [4.78, 5) is 0. The third kappa shape index (κ3) is 6.09. The lowest BCUT2D eigenvalue weighted by Gasteiger charge is -2.20. The SMILES string of the molecule is CCCCS(=O)(=O)N(CCN)CCOC. The number of hydrogen-bond acceptors (Lipinski definition) is 4. The Kier molecular flexibility index (Phi) is 7.95. The molecule has 6 heteroatoms. The molecule has 92 valence electrons. The highest BCUT2D eigenvalue weighted by Gasteiger charge is 2.19. The summed E-state index contributed by atoms with van der Waals surface area (Å²) in [6.07, 6.45) is 1.57. The van der Waals surface area contributed by atoms with Crippen LogP contribution in [0.4, 0.5) is 0 Å². The van der Waals surface area contributed by atoms with Crippen LogP contribution < -0.4 is 5.73 Å². The average Bonchev–Trinajstić information content (AvgIpc) is 2.21. The quantitative estimate of drug-likeness (QED) is 0.615. The van der Waals surface area contributed by atoms with Gasteiger partial charge in [0, 0.05) is 26.7 Å². The van der Waals surface area contributed by atoms with E-state index in [9.17, 15) is 8.42 Å². The van der Waals surface area contributed by atoms with Gasteiger partial charge >= 0.3 is 0 Å². The molecule has 0 aliphatic rings. The van der Waals surface area contributed by atoms with Crippen molar-refractivity contribution in [3.05, 3.63) is 0 Å². The summed E-state index contributed by atoms with van der Waals surface area (Å²) in [7, 11) is -1.59. The smallest absolute Gasteiger partial charge is 0.214 e.